The first kappa shape index (κ1) is 22.8. The number of nitrogens with one attached hydrogen (secondary N) is 1. The molecule has 0 saturated heterocycles. The third kappa shape index (κ3) is 4.88. The number of sulfonamides is 1. The Hall–Kier alpha value is -1.89. The van der Waals surface area contributed by atoms with Crippen molar-refractivity contribution in [3.8, 4) is 0 Å². The zero-order chi connectivity index (χ0) is 21.8. The van der Waals surface area contributed by atoms with Crippen molar-refractivity contribution in [2.24, 2.45) is 0 Å². The second-order valence-electron chi connectivity index (χ2n) is 7.72. The second-order valence-corrected chi connectivity index (χ2v) is 10.1. The van der Waals surface area contributed by atoms with Crippen LogP contribution in [0.2, 0.25) is 5.02 Å². The molecule has 1 aliphatic carbocycles. The molecule has 0 atom stereocenters. The molecule has 1 aliphatic rings. The first-order valence-electron chi connectivity index (χ1n) is 10.5. The maximum atomic E-state index is 12.6. The molecule has 30 heavy (non-hydrogen) atoms. The molecule has 0 heterocycles. The van der Waals surface area contributed by atoms with E-state index in [0.29, 0.717) is 31.0 Å². The molecule has 0 radical (unpaired) electrons. The Bertz CT molecular complexity index is 965. The number of amides is 1. The predicted molar refractivity (Wildman–Crippen MR) is 120 cm³/mol. The standard InChI is InChI=1S/C23H29ClN2O3S/c1-3-26(4-2)30(28,29)21-13-6-18(7-14-21)8-15-22(27)25-23(16-5-17-23)19-9-11-20(24)12-10-19/h6-7,9-14H,3-5,8,15-17H2,1-2H3,(H,25,27). The Labute approximate surface area is 184 Å². The summed E-state index contributed by atoms with van der Waals surface area (Å²) in [5, 5.41) is 3.90. The minimum absolute atomic E-state index is 0.00416. The van der Waals surface area contributed by atoms with Crippen LogP contribution in [0.25, 0.3) is 0 Å². The van der Waals surface area contributed by atoms with Gasteiger partial charge in [0.2, 0.25) is 15.9 Å². The second kappa shape index (κ2) is 9.50. The van der Waals surface area contributed by atoms with Gasteiger partial charge in [-0.1, -0.05) is 49.7 Å². The number of carbonyl (C=O) groups excluding carboxylic acids is 1. The summed E-state index contributed by atoms with van der Waals surface area (Å²) in [6, 6.07) is 14.5. The molecule has 0 bridgehead atoms. The lowest BCUT2D eigenvalue weighted by Gasteiger charge is -2.43. The topological polar surface area (TPSA) is 66.5 Å². The van der Waals surface area contributed by atoms with E-state index in [2.05, 4.69) is 5.32 Å². The van der Waals surface area contributed by atoms with Crippen molar-refractivity contribution in [2.75, 3.05) is 13.1 Å². The van der Waals surface area contributed by atoms with Crippen molar-refractivity contribution in [1.29, 1.82) is 0 Å². The summed E-state index contributed by atoms with van der Waals surface area (Å²) >= 11 is 5.99. The molecule has 2 aromatic rings. The minimum atomic E-state index is -3.46. The highest BCUT2D eigenvalue weighted by Gasteiger charge is 2.39. The predicted octanol–water partition coefficient (Wildman–Crippen LogP) is 4.50. The van der Waals surface area contributed by atoms with Crippen molar-refractivity contribution < 1.29 is 13.2 Å². The maximum absolute atomic E-state index is 12.6. The van der Waals surface area contributed by atoms with E-state index in [1.54, 1.807) is 24.3 Å². The van der Waals surface area contributed by atoms with E-state index in [1.165, 1.54) is 4.31 Å². The average molecular weight is 449 g/mol. The summed E-state index contributed by atoms with van der Waals surface area (Å²) in [6.45, 7) is 4.53. The van der Waals surface area contributed by atoms with Crippen LogP contribution < -0.4 is 5.32 Å². The Morgan fingerprint density at radius 1 is 1.03 bits per heavy atom. The fraction of sp³-hybridized carbons (Fsp3) is 0.435. The summed E-state index contributed by atoms with van der Waals surface area (Å²) < 4.78 is 26.6. The van der Waals surface area contributed by atoms with Gasteiger partial charge in [-0.15, -0.1) is 0 Å². The van der Waals surface area contributed by atoms with Crippen LogP contribution in [0.5, 0.6) is 0 Å². The molecule has 1 saturated carbocycles. The lowest BCUT2D eigenvalue weighted by atomic mass is 9.71. The first-order chi connectivity index (χ1) is 14.3. The molecule has 1 amide bonds. The lowest BCUT2D eigenvalue weighted by molar-refractivity contribution is -0.124. The quantitative estimate of drug-likeness (QED) is 0.614. The summed E-state index contributed by atoms with van der Waals surface area (Å²) in [7, 11) is -3.46. The van der Waals surface area contributed by atoms with Crippen LogP contribution in [0.3, 0.4) is 0 Å². The van der Waals surface area contributed by atoms with Gasteiger partial charge in [0, 0.05) is 24.5 Å². The third-order valence-corrected chi connectivity index (χ3v) is 8.21. The largest absolute Gasteiger partial charge is 0.347 e. The number of hydrogen-bond donors (Lipinski definition) is 1. The van der Waals surface area contributed by atoms with Gasteiger partial charge in [-0.05, 0) is 61.1 Å². The van der Waals surface area contributed by atoms with Gasteiger partial charge in [0.25, 0.3) is 0 Å². The molecule has 162 valence electrons. The highest BCUT2D eigenvalue weighted by atomic mass is 35.5. The number of hydrogen-bond acceptors (Lipinski definition) is 3. The van der Waals surface area contributed by atoms with E-state index in [4.69, 9.17) is 11.6 Å². The third-order valence-electron chi connectivity index (χ3n) is 5.89. The van der Waals surface area contributed by atoms with Crippen molar-refractivity contribution in [3.63, 3.8) is 0 Å². The summed E-state index contributed by atoms with van der Waals surface area (Å²) in [5.41, 5.74) is 1.75. The Balaban J connectivity index is 1.60. The van der Waals surface area contributed by atoms with Crippen molar-refractivity contribution >= 4 is 27.5 Å². The van der Waals surface area contributed by atoms with Crippen LogP contribution >= 0.6 is 11.6 Å². The monoisotopic (exact) mass is 448 g/mol. The Kier molecular flexibility index (Phi) is 7.22. The smallest absolute Gasteiger partial charge is 0.243 e. The molecule has 0 aromatic heterocycles. The van der Waals surface area contributed by atoms with Gasteiger partial charge in [0.15, 0.2) is 0 Å². The molecule has 7 heteroatoms. The van der Waals surface area contributed by atoms with E-state index in [9.17, 15) is 13.2 Å². The van der Waals surface area contributed by atoms with E-state index in [0.717, 1.165) is 30.4 Å². The van der Waals surface area contributed by atoms with E-state index >= 15 is 0 Å². The van der Waals surface area contributed by atoms with E-state index in [1.807, 2.05) is 38.1 Å². The average Bonchev–Trinajstić information content (AvgIpc) is 2.71. The SMILES string of the molecule is CCN(CC)S(=O)(=O)c1ccc(CCC(=O)NC2(c3ccc(Cl)cc3)CCC2)cc1. The van der Waals surface area contributed by atoms with Gasteiger partial charge in [-0.2, -0.15) is 4.31 Å². The van der Waals surface area contributed by atoms with E-state index < -0.39 is 10.0 Å². The van der Waals surface area contributed by atoms with Gasteiger partial charge < -0.3 is 5.32 Å². The van der Waals surface area contributed by atoms with Gasteiger partial charge in [-0.25, -0.2) is 8.42 Å². The molecule has 2 aromatic carbocycles. The Morgan fingerprint density at radius 2 is 1.63 bits per heavy atom. The first-order valence-corrected chi connectivity index (χ1v) is 12.3. The molecule has 0 spiro atoms. The molecule has 0 unspecified atom stereocenters. The van der Waals surface area contributed by atoms with Crippen LogP contribution in [0.4, 0.5) is 0 Å². The highest BCUT2D eigenvalue weighted by molar-refractivity contribution is 7.89. The summed E-state index contributed by atoms with van der Waals surface area (Å²) in [4.78, 5) is 12.9. The number of rotatable bonds is 9. The number of carbonyl (C=O) groups is 1. The molecule has 0 aliphatic heterocycles. The number of benzene rings is 2. The molecule has 3 rings (SSSR count). The Morgan fingerprint density at radius 3 is 2.13 bits per heavy atom. The number of aryl methyl sites for hydroxylation is 1. The van der Waals surface area contributed by atoms with E-state index in [-0.39, 0.29) is 16.3 Å². The zero-order valence-corrected chi connectivity index (χ0v) is 19.1. The minimum Gasteiger partial charge on any atom is -0.347 e. The van der Waals surface area contributed by atoms with Crippen molar-refractivity contribution in [1.82, 2.24) is 9.62 Å². The summed E-state index contributed by atoms with van der Waals surface area (Å²) in [6.07, 6.45) is 3.87. The van der Waals surface area contributed by atoms with Crippen LogP contribution in [-0.2, 0) is 26.8 Å². The molecular formula is C23H29ClN2O3S. The molecular weight excluding hydrogens is 420 g/mol. The van der Waals surface area contributed by atoms with Crippen LogP contribution in [0, 0.1) is 0 Å². The molecule has 1 N–H and O–H groups in total. The molecule has 1 fully saturated rings. The highest BCUT2D eigenvalue weighted by Crippen LogP contribution is 2.41. The van der Waals surface area contributed by atoms with Gasteiger partial charge in [-0.3, -0.25) is 4.79 Å². The normalized spacial score (nSPS) is 15.6. The number of halogens is 1. The van der Waals surface area contributed by atoms with Gasteiger partial charge in [0.1, 0.15) is 0 Å². The molecule has 5 nitrogen and oxygen atoms in total. The zero-order valence-electron chi connectivity index (χ0n) is 17.5. The fourth-order valence-electron chi connectivity index (χ4n) is 3.91. The lowest BCUT2D eigenvalue weighted by Crippen LogP contribution is -2.50. The van der Waals surface area contributed by atoms with Gasteiger partial charge >= 0.3 is 0 Å². The summed E-state index contributed by atoms with van der Waals surface area (Å²) in [5.74, 6) is 0.00416. The van der Waals surface area contributed by atoms with Crippen molar-refractivity contribution in [3.05, 3.63) is 64.7 Å². The fourth-order valence-corrected chi connectivity index (χ4v) is 5.50. The van der Waals surface area contributed by atoms with Crippen LogP contribution in [-0.4, -0.2) is 31.7 Å². The van der Waals surface area contributed by atoms with Gasteiger partial charge in [0.05, 0.1) is 10.4 Å². The maximum Gasteiger partial charge on any atom is 0.243 e. The number of nitrogens with zero attached hydrogens (tertiary/aromatic N) is 1. The van der Waals surface area contributed by atoms with Crippen LogP contribution in [0.15, 0.2) is 53.4 Å². The van der Waals surface area contributed by atoms with Crippen molar-refractivity contribution in [2.45, 2.75) is 56.4 Å². The van der Waals surface area contributed by atoms with Crippen LogP contribution in [0.1, 0.15) is 50.7 Å².